The van der Waals surface area contributed by atoms with Crippen LogP contribution in [0.2, 0.25) is 0 Å². The van der Waals surface area contributed by atoms with Crippen LogP contribution in [0.3, 0.4) is 0 Å². The van der Waals surface area contributed by atoms with Crippen LogP contribution in [0.25, 0.3) is 10.9 Å². The van der Waals surface area contributed by atoms with Crippen molar-refractivity contribution in [3.63, 3.8) is 0 Å². The molecule has 0 saturated carbocycles. The summed E-state index contributed by atoms with van der Waals surface area (Å²) in [6.07, 6.45) is 3.07. The fourth-order valence-corrected chi connectivity index (χ4v) is 2.02. The average molecular weight is 254 g/mol. The lowest BCUT2D eigenvalue weighted by Crippen LogP contribution is -2.03. The second kappa shape index (κ2) is 4.74. The number of hydrogen-bond acceptors (Lipinski definition) is 3. The SMILES string of the molecule is OC(c1cnc2ccccc2c1)c1ccncc1F. The van der Waals surface area contributed by atoms with Gasteiger partial charge in [-0.3, -0.25) is 9.97 Å². The zero-order valence-electron chi connectivity index (χ0n) is 9.99. The topological polar surface area (TPSA) is 46.0 Å². The van der Waals surface area contributed by atoms with Crippen LogP contribution in [-0.4, -0.2) is 15.1 Å². The molecule has 1 aromatic carbocycles. The number of nitrogens with zero attached hydrogens (tertiary/aromatic N) is 2. The predicted molar refractivity (Wildman–Crippen MR) is 70.0 cm³/mol. The number of aliphatic hydroxyl groups is 1. The van der Waals surface area contributed by atoms with Crippen LogP contribution in [0.15, 0.2) is 55.0 Å². The Hall–Kier alpha value is -2.33. The third-order valence-corrected chi connectivity index (χ3v) is 3.03. The van der Waals surface area contributed by atoms with Crippen molar-refractivity contribution in [2.24, 2.45) is 0 Å². The number of rotatable bonds is 2. The summed E-state index contributed by atoms with van der Waals surface area (Å²) in [4.78, 5) is 7.93. The van der Waals surface area contributed by atoms with E-state index in [1.807, 2.05) is 30.3 Å². The summed E-state index contributed by atoms with van der Waals surface area (Å²) in [7, 11) is 0. The minimum absolute atomic E-state index is 0.201. The fourth-order valence-electron chi connectivity index (χ4n) is 2.02. The third kappa shape index (κ3) is 2.18. The van der Waals surface area contributed by atoms with Crippen LogP contribution >= 0.6 is 0 Å². The zero-order chi connectivity index (χ0) is 13.2. The Bertz CT molecular complexity index is 730. The van der Waals surface area contributed by atoms with Crippen molar-refractivity contribution in [2.75, 3.05) is 0 Å². The third-order valence-electron chi connectivity index (χ3n) is 3.03. The minimum atomic E-state index is -1.04. The first-order valence-electron chi connectivity index (χ1n) is 5.88. The summed E-state index contributed by atoms with van der Waals surface area (Å²) in [6.45, 7) is 0. The van der Waals surface area contributed by atoms with Crippen molar-refractivity contribution < 1.29 is 9.50 Å². The van der Waals surface area contributed by atoms with Gasteiger partial charge in [-0.1, -0.05) is 18.2 Å². The molecule has 94 valence electrons. The van der Waals surface area contributed by atoms with Crippen LogP contribution in [-0.2, 0) is 0 Å². The maximum absolute atomic E-state index is 13.6. The average Bonchev–Trinajstić information content (AvgIpc) is 2.46. The summed E-state index contributed by atoms with van der Waals surface area (Å²) in [6, 6.07) is 10.9. The molecule has 3 nitrogen and oxygen atoms in total. The summed E-state index contributed by atoms with van der Waals surface area (Å²) in [5, 5.41) is 11.1. The number of para-hydroxylation sites is 1. The number of fused-ring (bicyclic) bond motifs is 1. The zero-order valence-corrected chi connectivity index (χ0v) is 9.99. The molecule has 2 aromatic heterocycles. The van der Waals surface area contributed by atoms with Gasteiger partial charge in [-0.05, 0) is 18.2 Å². The molecule has 1 N–H and O–H groups in total. The molecular formula is C15H11FN2O. The minimum Gasteiger partial charge on any atom is -0.383 e. The Labute approximate surface area is 109 Å². The molecule has 0 aliphatic heterocycles. The van der Waals surface area contributed by atoms with E-state index in [-0.39, 0.29) is 5.56 Å². The van der Waals surface area contributed by atoms with E-state index in [9.17, 15) is 9.50 Å². The van der Waals surface area contributed by atoms with Gasteiger partial charge in [0.15, 0.2) is 0 Å². The quantitative estimate of drug-likeness (QED) is 0.764. The number of benzene rings is 1. The van der Waals surface area contributed by atoms with Gasteiger partial charge in [-0.15, -0.1) is 0 Å². The Balaban J connectivity index is 2.07. The van der Waals surface area contributed by atoms with E-state index >= 15 is 0 Å². The second-order valence-electron chi connectivity index (χ2n) is 4.26. The normalized spacial score (nSPS) is 12.5. The molecule has 0 radical (unpaired) electrons. The highest BCUT2D eigenvalue weighted by atomic mass is 19.1. The molecule has 0 spiro atoms. The van der Waals surface area contributed by atoms with Crippen LogP contribution in [0.1, 0.15) is 17.2 Å². The molecule has 0 fully saturated rings. The molecule has 2 heterocycles. The van der Waals surface area contributed by atoms with E-state index in [2.05, 4.69) is 9.97 Å². The maximum atomic E-state index is 13.6. The Morgan fingerprint density at radius 1 is 1.11 bits per heavy atom. The molecule has 0 aliphatic rings. The van der Waals surface area contributed by atoms with Gasteiger partial charge >= 0.3 is 0 Å². The van der Waals surface area contributed by atoms with Gasteiger partial charge in [0.25, 0.3) is 0 Å². The molecule has 0 bridgehead atoms. The van der Waals surface area contributed by atoms with Crippen molar-refractivity contribution >= 4 is 10.9 Å². The number of aromatic nitrogens is 2. The van der Waals surface area contributed by atoms with E-state index in [1.54, 1.807) is 6.20 Å². The molecule has 1 atom stereocenters. The maximum Gasteiger partial charge on any atom is 0.147 e. The monoisotopic (exact) mass is 254 g/mol. The first-order valence-corrected chi connectivity index (χ1v) is 5.88. The largest absolute Gasteiger partial charge is 0.383 e. The Morgan fingerprint density at radius 3 is 2.79 bits per heavy atom. The van der Waals surface area contributed by atoms with Gasteiger partial charge in [0.2, 0.25) is 0 Å². The van der Waals surface area contributed by atoms with Gasteiger partial charge in [0.05, 0.1) is 11.7 Å². The van der Waals surface area contributed by atoms with Gasteiger partial charge in [-0.25, -0.2) is 4.39 Å². The van der Waals surface area contributed by atoms with Gasteiger partial charge < -0.3 is 5.11 Å². The highest BCUT2D eigenvalue weighted by Crippen LogP contribution is 2.25. The Morgan fingerprint density at radius 2 is 1.95 bits per heavy atom. The summed E-state index contributed by atoms with van der Waals surface area (Å²) >= 11 is 0. The highest BCUT2D eigenvalue weighted by Gasteiger charge is 2.15. The second-order valence-corrected chi connectivity index (χ2v) is 4.26. The molecule has 3 rings (SSSR count). The van der Waals surface area contributed by atoms with Crippen LogP contribution < -0.4 is 0 Å². The van der Waals surface area contributed by atoms with Gasteiger partial charge in [-0.2, -0.15) is 0 Å². The number of halogens is 1. The van der Waals surface area contributed by atoms with Crippen molar-refractivity contribution in [1.29, 1.82) is 0 Å². The lowest BCUT2D eigenvalue weighted by molar-refractivity contribution is 0.214. The predicted octanol–water partition coefficient (Wildman–Crippen LogP) is 2.85. The van der Waals surface area contributed by atoms with Crippen molar-refractivity contribution in [2.45, 2.75) is 6.10 Å². The lowest BCUT2D eigenvalue weighted by atomic mass is 10.0. The van der Waals surface area contributed by atoms with E-state index < -0.39 is 11.9 Å². The number of pyridine rings is 2. The highest BCUT2D eigenvalue weighted by molar-refractivity contribution is 5.78. The van der Waals surface area contributed by atoms with Gasteiger partial charge in [0, 0.05) is 28.9 Å². The van der Waals surface area contributed by atoms with Crippen molar-refractivity contribution in [3.05, 3.63) is 71.9 Å². The molecular weight excluding hydrogens is 243 g/mol. The summed E-state index contributed by atoms with van der Waals surface area (Å²) in [5.74, 6) is -0.525. The molecule has 4 heteroatoms. The first-order chi connectivity index (χ1) is 9.25. The van der Waals surface area contributed by atoms with Crippen LogP contribution in [0, 0.1) is 5.82 Å². The molecule has 0 aliphatic carbocycles. The smallest absolute Gasteiger partial charge is 0.147 e. The molecule has 1 unspecified atom stereocenters. The van der Waals surface area contributed by atoms with E-state index in [0.717, 1.165) is 17.1 Å². The molecule has 19 heavy (non-hydrogen) atoms. The lowest BCUT2D eigenvalue weighted by Gasteiger charge is -2.12. The fraction of sp³-hybridized carbons (Fsp3) is 0.0667. The van der Waals surface area contributed by atoms with E-state index in [4.69, 9.17) is 0 Å². The van der Waals surface area contributed by atoms with Crippen molar-refractivity contribution in [1.82, 2.24) is 9.97 Å². The number of hydrogen-bond donors (Lipinski definition) is 1. The number of aliphatic hydroxyl groups excluding tert-OH is 1. The van der Waals surface area contributed by atoms with Crippen LogP contribution in [0.4, 0.5) is 4.39 Å². The van der Waals surface area contributed by atoms with Crippen LogP contribution in [0.5, 0.6) is 0 Å². The standard InChI is InChI=1S/C15H11FN2O/c16-13-9-17-6-5-12(13)15(19)11-7-10-3-1-2-4-14(10)18-8-11/h1-9,15,19H. The molecule has 0 amide bonds. The van der Waals surface area contributed by atoms with Gasteiger partial charge in [0.1, 0.15) is 11.9 Å². The van der Waals surface area contributed by atoms with E-state index in [0.29, 0.717) is 5.56 Å². The first kappa shape index (κ1) is 11.7. The Kier molecular flexibility index (Phi) is 2.93. The summed E-state index contributed by atoms with van der Waals surface area (Å²) in [5.41, 5.74) is 1.60. The molecule has 0 saturated heterocycles. The summed E-state index contributed by atoms with van der Waals surface area (Å²) < 4.78 is 13.6. The van der Waals surface area contributed by atoms with Crippen molar-refractivity contribution in [3.8, 4) is 0 Å². The molecule has 3 aromatic rings. The van der Waals surface area contributed by atoms with E-state index in [1.165, 1.54) is 12.3 Å².